The molecule has 0 aliphatic carbocycles. The molecule has 3 aromatic rings. The fourth-order valence-electron chi connectivity index (χ4n) is 4.12. The van der Waals surface area contributed by atoms with Gasteiger partial charge in [-0.3, -0.25) is 4.98 Å². The molecule has 1 aromatic heterocycles. The van der Waals surface area contributed by atoms with Gasteiger partial charge in [0, 0.05) is 41.4 Å². The van der Waals surface area contributed by atoms with Gasteiger partial charge in [0.15, 0.2) is 0 Å². The average Bonchev–Trinajstić information content (AvgIpc) is 3.40. The Kier molecular flexibility index (Phi) is 8.79. The van der Waals surface area contributed by atoms with Gasteiger partial charge in [0.2, 0.25) is 0 Å². The first kappa shape index (κ1) is 25.9. The van der Waals surface area contributed by atoms with Gasteiger partial charge in [0.1, 0.15) is 36.0 Å². The molecule has 0 unspecified atom stereocenters. The predicted octanol–water partition coefficient (Wildman–Crippen LogP) is 4.42. The van der Waals surface area contributed by atoms with Gasteiger partial charge < -0.3 is 30.1 Å². The van der Waals surface area contributed by atoms with Crippen molar-refractivity contribution in [2.75, 3.05) is 38.6 Å². The van der Waals surface area contributed by atoms with Gasteiger partial charge in [-0.05, 0) is 61.8 Å². The largest absolute Gasteiger partial charge is 0.489 e. The summed E-state index contributed by atoms with van der Waals surface area (Å²) >= 11 is 2.23. The molecule has 2 amide bonds. The van der Waals surface area contributed by atoms with Gasteiger partial charge in [-0.25, -0.2) is 4.79 Å². The zero-order valence-electron chi connectivity index (χ0n) is 20.0. The van der Waals surface area contributed by atoms with Crippen LogP contribution in [0.25, 0.3) is 10.9 Å². The number of benzene rings is 2. The second kappa shape index (κ2) is 12.2. The number of aliphatic hydroxyl groups excluding tert-OH is 1. The third kappa shape index (κ3) is 6.34. The number of nitriles is 1. The summed E-state index contributed by atoms with van der Waals surface area (Å²) in [5.74, 6) is 1.52. The second-order valence-electron chi connectivity index (χ2n) is 8.52. The molecule has 10 heteroatoms. The molecule has 1 fully saturated rings. The van der Waals surface area contributed by atoms with Crippen molar-refractivity contribution in [2.45, 2.75) is 23.4 Å². The number of β-amino-alcohol motifs (C(OH)–C–C–N with tert-alkyl or cyclic N) is 1. The van der Waals surface area contributed by atoms with E-state index in [0.29, 0.717) is 50.4 Å². The van der Waals surface area contributed by atoms with Gasteiger partial charge in [-0.1, -0.05) is 22.6 Å². The molecular weight excluding hydrogens is 573 g/mol. The molecule has 188 valence electrons. The van der Waals surface area contributed by atoms with Crippen LogP contribution in [0.1, 0.15) is 24.0 Å². The molecule has 1 aliphatic heterocycles. The molecular formula is C26H28IN5O4. The maximum Gasteiger partial charge on any atom is 0.318 e. The van der Waals surface area contributed by atoms with Crippen LogP contribution >= 0.6 is 22.6 Å². The van der Waals surface area contributed by atoms with E-state index in [9.17, 15) is 15.2 Å². The number of nitrogens with zero attached hydrogens (tertiary/aromatic N) is 3. The summed E-state index contributed by atoms with van der Waals surface area (Å²) in [4.78, 5) is 18.3. The number of amides is 2. The van der Waals surface area contributed by atoms with Gasteiger partial charge in [0.05, 0.1) is 11.1 Å². The van der Waals surface area contributed by atoms with E-state index in [2.05, 4.69) is 49.2 Å². The van der Waals surface area contributed by atoms with Crippen molar-refractivity contribution >= 4 is 45.2 Å². The van der Waals surface area contributed by atoms with Crippen molar-refractivity contribution in [2.24, 2.45) is 0 Å². The Hall–Kier alpha value is -3.14. The highest BCUT2D eigenvalue weighted by Crippen LogP contribution is 2.34. The number of anilines is 1. The normalized spacial score (nSPS) is 14.3. The maximum atomic E-state index is 11.7. The lowest BCUT2D eigenvalue weighted by Crippen LogP contribution is -2.33. The first-order valence-electron chi connectivity index (χ1n) is 11.7. The van der Waals surface area contributed by atoms with Crippen LogP contribution in [-0.4, -0.2) is 60.4 Å². The van der Waals surface area contributed by atoms with Crippen LogP contribution in [0.4, 0.5) is 10.5 Å². The van der Waals surface area contributed by atoms with Gasteiger partial charge >= 0.3 is 6.03 Å². The van der Waals surface area contributed by atoms with E-state index < -0.39 is 6.10 Å². The number of urea groups is 1. The summed E-state index contributed by atoms with van der Waals surface area (Å²) in [5, 5.41) is 26.1. The first-order valence-corrected chi connectivity index (χ1v) is 13.2. The summed E-state index contributed by atoms with van der Waals surface area (Å²) < 4.78 is 12.7. The van der Waals surface area contributed by atoms with Crippen molar-refractivity contribution in [3.63, 3.8) is 0 Å². The highest BCUT2D eigenvalue weighted by atomic mass is 127. The number of pyridine rings is 1. The number of carbonyl (C=O) groups is 1. The van der Waals surface area contributed by atoms with Gasteiger partial charge in [-0.2, -0.15) is 5.26 Å². The number of fused-ring (bicyclic) bond motifs is 1. The van der Waals surface area contributed by atoms with Gasteiger partial charge in [-0.15, -0.1) is 0 Å². The summed E-state index contributed by atoms with van der Waals surface area (Å²) in [6.07, 6.45) is 3.31. The topological polar surface area (TPSA) is 120 Å². The average molecular weight is 601 g/mol. The molecule has 4 rings (SSSR count). The smallest absolute Gasteiger partial charge is 0.318 e. The zero-order chi connectivity index (χ0) is 25.5. The Balaban J connectivity index is 1.53. The van der Waals surface area contributed by atoms with E-state index in [1.807, 2.05) is 6.07 Å². The number of alkyl halides is 1. The van der Waals surface area contributed by atoms with Crippen molar-refractivity contribution in [1.82, 2.24) is 15.2 Å². The minimum Gasteiger partial charge on any atom is -0.489 e. The fourth-order valence-corrected chi connectivity index (χ4v) is 4.75. The number of hydrogen-bond acceptors (Lipinski definition) is 7. The lowest BCUT2D eigenvalue weighted by Gasteiger charge is -2.20. The molecule has 9 nitrogen and oxygen atoms in total. The van der Waals surface area contributed by atoms with E-state index in [4.69, 9.17) is 9.47 Å². The molecule has 1 aliphatic rings. The Labute approximate surface area is 223 Å². The molecule has 1 saturated heterocycles. The van der Waals surface area contributed by atoms with Crippen LogP contribution in [0.5, 0.6) is 17.2 Å². The summed E-state index contributed by atoms with van der Waals surface area (Å²) in [6.45, 7) is 2.65. The van der Waals surface area contributed by atoms with Gasteiger partial charge in [0.25, 0.3) is 0 Å². The molecule has 0 radical (unpaired) electrons. The van der Waals surface area contributed by atoms with Crippen LogP contribution in [-0.2, 0) is 4.43 Å². The predicted molar refractivity (Wildman–Crippen MR) is 146 cm³/mol. The summed E-state index contributed by atoms with van der Waals surface area (Å²) in [6, 6.07) is 12.5. The van der Waals surface area contributed by atoms with Crippen molar-refractivity contribution in [1.29, 1.82) is 5.26 Å². The minimum atomic E-state index is -0.638. The number of ether oxygens (including phenoxy) is 2. The zero-order valence-corrected chi connectivity index (χ0v) is 22.1. The van der Waals surface area contributed by atoms with Crippen LogP contribution in [0, 0.1) is 11.3 Å². The standard InChI is InChI=1S/C26H28IN5O4/c1-29-26(34)31-22-5-4-20(10-17(22)13-27)36-24-6-7-30-23-12-25(18(14-28)11-21(23)24)35-16-19(33)15-32-8-2-3-9-32/h4-7,10-12,19,33H,2-3,8-9,13,15-16H2,1H3,(H2,29,31,34)/t19-/m1/s1. The number of aromatic nitrogens is 1. The number of hydrogen-bond donors (Lipinski definition) is 3. The molecule has 0 bridgehead atoms. The highest BCUT2D eigenvalue weighted by Gasteiger charge is 2.18. The number of nitrogens with one attached hydrogen (secondary N) is 2. The number of likely N-dealkylation sites (tertiary alicyclic amines) is 1. The van der Waals surface area contributed by atoms with Crippen LogP contribution in [0.15, 0.2) is 42.6 Å². The fraction of sp³-hybridized carbons (Fsp3) is 0.346. The Morgan fingerprint density at radius 2 is 2.06 bits per heavy atom. The lowest BCUT2D eigenvalue weighted by atomic mass is 10.1. The summed E-state index contributed by atoms with van der Waals surface area (Å²) in [7, 11) is 1.56. The van der Waals surface area contributed by atoms with E-state index >= 15 is 0 Å². The van der Waals surface area contributed by atoms with Crippen LogP contribution < -0.4 is 20.1 Å². The van der Waals surface area contributed by atoms with Crippen molar-refractivity contribution in [3.05, 3.63) is 53.7 Å². The van der Waals surface area contributed by atoms with Crippen molar-refractivity contribution in [3.8, 4) is 23.3 Å². The third-order valence-corrected chi connectivity index (χ3v) is 6.77. The lowest BCUT2D eigenvalue weighted by molar-refractivity contribution is 0.0758. The number of carbonyl (C=O) groups excluding carboxylic acids is 1. The quantitative estimate of drug-likeness (QED) is 0.246. The summed E-state index contributed by atoms with van der Waals surface area (Å²) in [5.41, 5.74) is 2.57. The van der Waals surface area contributed by atoms with E-state index in [1.54, 1.807) is 43.6 Å². The highest BCUT2D eigenvalue weighted by molar-refractivity contribution is 14.1. The monoisotopic (exact) mass is 601 g/mol. The number of aliphatic hydroxyl groups is 1. The number of halogens is 1. The maximum absolute atomic E-state index is 11.7. The molecule has 0 spiro atoms. The van der Waals surface area contributed by atoms with E-state index in [-0.39, 0.29) is 12.6 Å². The molecule has 0 saturated carbocycles. The molecule has 1 atom stereocenters. The molecule has 3 N–H and O–H groups in total. The molecule has 2 heterocycles. The Morgan fingerprint density at radius 1 is 1.25 bits per heavy atom. The Bertz CT molecular complexity index is 1270. The van der Waals surface area contributed by atoms with Crippen LogP contribution in [0.2, 0.25) is 0 Å². The SMILES string of the molecule is CNC(=O)Nc1ccc(Oc2ccnc3cc(OC[C@H](O)CN4CCCC4)c(C#N)cc23)cc1CI. The first-order chi connectivity index (χ1) is 17.5. The van der Waals surface area contributed by atoms with Crippen molar-refractivity contribution < 1.29 is 19.4 Å². The molecule has 36 heavy (non-hydrogen) atoms. The number of rotatable bonds is 9. The van der Waals surface area contributed by atoms with E-state index in [1.165, 1.54) is 0 Å². The Morgan fingerprint density at radius 3 is 2.78 bits per heavy atom. The molecule has 2 aromatic carbocycles. The van der Waals surface area contributed by atoms with Crippen LogP contribution in [0.3, 0.4) is 0 Å². The third-order valence-electron chi connectivity index (χ3n) is 5.95. The van der Waals surface area contributed by atoms with E-state index in [0.717, 1.165) is 31.5 Å². The second-order valence-corrected chi connectivity index (χ2v) is 9.28. The minimum absolute atomic E-state index is 0.0996.